The molecule has 0 unspecified atom stereocenters. The number of aromatic nitrogens is 1. The Morgan fingerprint density at radius 2 is 1.80 bits per heavy atom. The minimum Gasteiger partial charge on any atom is -0.369 e. The van der Waals surface area contributed by atoms with Crippen LogP contribution in [0.2, 0.25) is 0 Å². The first-order chi connectivity index (χ1) is 18.9. The summed E-state index contributed by atoms with van der Waals surface area (Å²) in [6.45, 7) is 10.7. The van der Waals surface area contributed by atoms with Crippen molar-refractivity contribution >= 4 is 41.1 Å². The molecule has 10 heteroatoms. The first kappa shape index (κ1) is 31.7. The van der Waals surface area contributed by atoms with E-state index in [2.05, 4.69) is 10.6 Å². The van der Waals surface area contributed by atoms with E-state index in [1.54, 1.807) is 44.2 Å². The van der Waals surface area contributed by atoms with Crippen molar-refractivity contribution in [3.8, 4) is 0 Å². The number of primary amides is 1. The maximum atomic E-state index is 14.9. The van der Waals surface area contributed by atoms with Crippen LogP contribution in [0, 0.1) is 12.7 Å². The normalized spacial score (nSPS) is 10.7. The van der Waals surface area contributed by atoms with Crippen LogP contribution >= 0.6 is 0 Å². The fourth-order valence-corrected chi connectivity index (χ4v) is 4.15. The first-order valence-electron chi connectivity index (χ1n) is 13.0. The average molecular weight is 552 g/mol. The van der Waals surface area contributed by atoms with E-state index in [1.807, 2.05) is 20.8 Å². The van der Waals surface area contributed by atoms with Crippen LogP contribution in [0.3, 0.4) is 0 Å². The highest BCUT2D eigenvalue weighted by molar-refractivity contribution is 6.08. The van der Waals surface area contributed by atoms with E-state index in [4.69, 9.17) is 5.73 Å². The second-order valence-corrected chi connectivity index (χ2v) is 9.45. The second-order valence-electron chi connectivity index (χ2n) is 9.45. The lowest BCUT2D eigenvalue weighted by atomic mass is 9.84. The van der Waals surface area contributed by atoms with E-state index in [0.29, 0.717) is 24.1 Å². The van der Waals surface area contributed by atoms with Crippen LogP contribution in [0.15, 0.2) is 47.3 Å². The van der Waals surface area contributed by atoms with E-state index in [-0.39, 0.29) is 28.3 Å². The molecule has 0 bridgehead atoms. The van der Waals surface area contributed by atoms with Crippen LogP contribution in [0.4, 0.5) is 27.3 Å². The summed E-state index contributed by atoms with van der Waals surface area (Å²) in [6.07, 6.45) is 1.11. The van der Waals surface area contributed by atoms with Gasteiger partial charge in [0.25, 0.3) is 11.5 Å². The van der Waals surface area contributed by atoms with Crippen LogP contribution < -0.4 is 26.8 Å². The van der Waals surface area contributed by atoms with Gasteiger partial charge >= 0.3 is 0 Å². The molecule has 0 aliphatic rings. The summed E-state index contributed by atoms with van der Waals surface area (Å²) in [6, 6.07) is 11.2. The Bertz CT molecular complexity index is 1480. The largest absolute Gasteiger partial charge is 0.369 e. The number of nitrogens with one attached hydrogen (secondary N) is 2. The zero-order valence-electron chi connectivity index (χ0n) is 24.3. The standard InChI is InChI=1S/C28H32FN5O4.C2H6/c1-7-17-11-12-21(20(29)13-17)32-24-22(25(36)31-5)23(16(2)26(37)33(24)6)34(15-35)19-10-8-9-18(14-19)28(3,4)27(30)38;1-2/h8-15,32H,7H2,1-6H3,(H2,30,38)(H,31,36);1-2H3. The molecule has 3 rings (SSSR count). The Morgan fingerprint density at radius 1 is 1.15 bits per heavy atom. The molecule has 0 radical (unpaired) electrons. The topological polar surface area (TPSA) is 127 Å². The highest BCUT2D eigenvalue weighted by Crippen LogP contribution is 2.36. The SMILES string of the molecule is CC.CCc1ccc(Nc2c(C(=O)NC)c(N(C=O)c3cccc(C(C)(C)C(N)=O)c3)c(C)c(=O)n2C)c(F)c1. The van der Waals surface area contributed by atoms with Crippen molar-refractivity contribution in [2.24, 2.45) is 12.8 Å². The van der Waals surface area contributed by atoms with E-state index in [0.717, 1.165) is 10.5 Å². The molecule has 0 spiro atoms. The van der Waals surface area contributed by atoms with Crippen molar-refractivity contribution in [1.29, 1.82) is 0 Å². The molecular weight excluding hydrogens is 513 g/mol. The van der Waals surface area contributed by atoms with E-state index in [1.165, 1.54) is 37.7 Å². The van der Waals surface area contributed by atoms with Crippen molar-refractivity contribution in [2.45, 2.75) is 53.4 Å². The monoisotopic (exact) mass is 551 g/mol. The molecule has 9 nitrogen and oxygen atoms in total. The molecule has 0 aliphatic heterocycles. The Labute approximate surface area is 234 Å². The van der Waals surface area contributed by atoms with Gasteiger partial charge in [0.1, 0.15) is 17.2 Å². The average Bonchev–Trinajstić information content (AvgIpc) is 2.96. The van der Waals surface area contributed by atoms with Gasteiger partial charge in [0.15, 0.2) is 0 Å². The molecule has 40 heavy (non-hydrogen) atoms. The first-order valence-corrected chi connectivity index (χ1v) is 13.0. The van der Waals surface area contributed by atoms with Crippen LogP contribution in [-0.2, 0) is 28.5 Å². The van der Waals surface area contributed by atoms with Crippen LogP contribution in [0.1, 0.15) is 61.7 Å². The number of halogens is 1. The van der Waals surface area contributed by atoms with E-state index < -0.39 is 28.6 Å². The molecule has 4 N–H and O–H groups in total. The third-order valence-electron chi connectivity index (χ3n) is 6.75. The van der Waals surface area contributed by atoms with Gasteiger partial charge < -0.3 is 16.4 Å². The van der Waals surface area contributed by atoms with Gasteiger partial charge in [0, 0.05) is 25.3 Å². The number of nitrogens with zero attached hydrogens (tertiary/aromatic N) is 2. The third-order valence-corrected chi connectivity index (χ3v) is 6.75. The van der Waals surface area contributed by atoms with Crippen LogP contribution in [0.5, 0.6) is 0 Å². The summed E-state index contributed by atoms with van der Waals surface area (Å²) in [5.74, 6) is -1.73. The predicted molar refractivity (Wildman–Crippen MR) is 157 cm³/mol. The zero-order chi connectivity index (χ0) is 30.4. The van der Waals surface area contributed by atoms with Gasteiger partial charge in [0.2, 0.25) is 12.3 Å². The zero-order valence-corrected chi connectivity index (χ0v) is 24.3. The summed E-state index contributed by atoms with van der Waals surface area (Å²) in [7, 11) is 2.86. The molecule has 2 aromatic carbocycles. The molecule has 3 aromatic rings. The molecule has 1 heterocycles. The molecule has 214 valence electrons. The fourth-order valence-electron chi connectivity index (χ4n) is 4.15. The lowest BCUT2D eigenvalue weighted by Gasteiger charge is -2.28. The van der Waals surface area contributed by atoms with Gasteiger partial charge in [0.05, 0.1) is 16.8 Å². The highest BCUT2D eigenvalue weighted by Gasteiger charge is 2.31. The summed E-state index contributed by atoms with van der Waals surface area (Å²) >= 11 is 0. The van der Waals surface area contributed by atoms with Gasteiger partial charge in [-0.3, -0.25) is 28.6 Å². The molecule has 0 fully saturated rings. The third kappa shape index (κ3) is 6.06. The second kappa shape index (κ2) is 13.1. The Hall–Kier alpha value is -4.47. The molecule has 0 aliphatic carbocycles. The Kier molecular flexibility index (Phi) is 10.4. The highest BCUT2D eigenvalue weighted by atomic mass is 19.1. The minimum absolute atomic E-state index is 0.00133. The molecule has 0 atom stereocenters. The van der Waals surface area contributed by atoms with Gasteiger partial charge in [-0.05, 0) is 62.6 Å². The summed E-state index contributed by atoms with van der Waals surface area (Å²) in [5, 5.41) is 5.43. The van der Waals surface area contributed by atoms with Crippen molar-refractivity contribution in [1.82, 2.24) is 9.88 Å². The van der Waals surface area contributed by atoms with Gasteiger partial charge in [-0.15, -0.1) is 0 Å². The predicted octanol–water partition coefficient (Wildman–Crippen LogP) is 4.58. The van der Waals surface area contributed by atoms with Gasteiger partial charge in [-0.2, -0.15) is 0 Å². The number of benzene rings is 2. The summed E-state index contributed by atoms with van der Waals surface area (Å²) < 4.78 is 16.1. The Balaban J connectivity index is 0.00000274. The van der Waals surface area contributed by atoms with Crippen LogP contribution in [0.25, 0.3) is 0 Å². The number of anilines is 4. The van der Waals surface area contributed by atoms with Gasteiger partial charge in [-0.25, -0.2) is 4.39 Å². The van der Waals surface area contributed by atoms with Crippen molar-refractivity contribution < 1.29 is 18.8 Å². The number of rotatable bonds is 9. The van der Waals surface area contributed by atoms with Crippen LogP contribution in [-0.4, -0.2) is 29.8 Å². The number of aryl methyl sites for hydroxylation is 1. The minimum atomic E-state index is -1.05. The van der Waals surface area contributed by atoms with Crippen molar-refractivity contribution in [3.05, 3.63) is 80.9 Å². The maximum Gasteiger partial charge on any atom is 0.256 e. The van der Waals surface area contributed by atoms with Crippen molar-refractivity contribution in [3.63, 3.8) is 0 Å². The molecule has 1 aromatic heterocycles. The lowest BCUT2D eigenvalue weighted by Crippen LogP contribution is -2.36. The van der Waals surface area contributed by atoms with Crippen molar-refractivity contribution in [2.75, 3.05) is 17.3 Å². The number of carbonyl (C=O) groups excluding carboxylic acids is 3. The fraction of sp³-hybridized carbons (Fsp3) is 0.333. The number of hydrogen-bond acceptors (Lipinski definition) is 5. The Morgan fingerprint density at radius 3 is 2.33 bits per heavy atom. The van der Waals surface area contributed by atoms with Gasteiger partial charge in [-0.1, -0.05) is 39.0 Å². The molecule has 0 saturated heterocycles. The molecule has 3 amide bonds. The quantitative estimate of drug-likeness (QED) is 0.336. The molecule has 0 saturated carbocycles. The number of carbonyl (C=O) groups is 3. The molecular formula is C30H38FN5O4. The smallest absolute Gasteiger partial charge is 0.256 e. The maximum absolute atomic E-state index is 14.9. The lowest BCUT2D eigenvalue weighted by molar-refractivity contribution is -0.122. The number of hydrogen-bond donors (Lipinski definition) is 3. The number of pyridine rings is 1. The number of amides is 3. The van der Waals surface area contributed by atoms with E-state index in [9.17, 15) is 23.6 Å². The summed E-state index contributed by atoms with van der Waals surface area (Å²) in [5.41, 5.74) is 5.80. The van der Waals surface area contributed by atoms with E-state index >= 15 is 0 Å². The summed E-state index contributed by atoms with van der Waals surface area (Å²) in [4.78, 5) is 52.3. The number of nitrogens with two attached hydrogens (primary N) is 1.